The highest BCUT2D eigenvalue weighted by atomic mass is 32.2. The van der Waals surface area contributed by atoms with Gasteiger partial charge in [0.1, 0.15) is 12.6 Å². The van der Waals surface area contributed by atoms with E-state index in [4.69, 9.17) is 4.74 Å². The van der Waals surface area contributed by atoms with Gasteiger partial charge in [-0.25, -0.2) is 9.59 Å². The fraction of sp³-hybridized carbons (Fsp3) is 0.212. The van der Waals surface area contributed by atoms with Gasteiger partial charge in [0.25, 0.3) is 0 Å². The second-order valence-corrected chi connectivity index (χ2v) is 10.7. The zero-order valence-electron chi connectivity index (χ0n) is 21.6. The molecule has 0 aliphatic heterocycles. The lowest BCUT2D eigenvalue weighted by atomic mass is 9.98. The number of aliphatic carboxylic acids is 1. The first-order chi connectivity index (χ1) is 19.1. The van der Waals surface area contributed by atoms with Crippen LogP contribution in [-0.4, -0.2) is 47.0 Å². The summed E-state index contributed by atoms with van der Waals surface area (Å²) in [6, 6.07) is 34.8. The average Bonchev–Trinajstić information content (AvgIpc) is 3.29. The highest BCUT2D eigenvalue weighted by Gasteiger charge is 2.33. The van der Waals surface area contributed by atoms with Crippen LogP contribution in [0.2, 0.25) is 0 Å². The van der Waals surface area contributed by atoms with Crippen molar-refractivity contribution in [2.24, 2.45) is 0 Å². The zero-order valence-corrected chi connectivity index (χ0v) is 22.4. The molecule has 0 radical (unpaired) electrons. The fourth-order valence-electron chi connectivity index (χ4n) is 5.15. The van der Waals surface area contributed by atoms with Gasteiger partial charge in [-0.3, -0.25) is 4.90 Å². The van der Waals surface area contributed by atoms with Gasteiger partial charge in [0.2, 0.25) is 0 Å². The van der Waals surface area contributed by atoms with Crippen LogP contribution in [0.3, 0.4) is 0 Å². The van der Waals surface area contributed by atoms with Gasteiger partial charge in [-0.15, -0.1) is 0 Å². The van der Waals surface area contributed by atoms with Crippen molar-refractivity contribution in [3.05, 3.63) is 131 Å². The number of thioether (sulfide) groups is 1. The molecule has 5 nitrogen and oxygen atoms in total. The van der Waals surface area contributed by atoms with Crippen LogP contribution in [0.4, 0.5) is 4.79 Å². The van der Waals surface area contributed by atoms with Crippen LogP contribution in [0, 0.1) is 0 Å². The van der Waals surface area contributed by atoms with E-state index in [2.05, 4.69) is 36.4 Å². The van der Waals surface area contributed by atoms with E-state index in [0.717, 1.165) is 33.6 Å². The SMILES string of the molecule is O=C(O)[C@H](Cc1ccccc1)N(CCSCc1ccccc1)C(=O)OCC1c2ccccc2-c2ccccc21. The van der Waals surface area contributed by atoms with E-state index in [1.54, 1.807) is 11.8 Å². The van der Waals surface area contributed by atoms with Gasteiger partial charge in [-0.2, -0.15) is 11.8 Å². The van der Waals surface area contributed by atoms with Gasteiger partial charge >= 0.3 is 12.1 Å². The Morgan fingerprint density at radius 1 is 0.769 bits per heavy atom. The lowest BCUT2D eigenvalue weighted by molar-refractivity contribution is -0.142. The predicted octanol–water partition coefficient (Wildman–Crippen LogP) is 6.87. The Hall–Kier alpha value is -4.03. The molecule has 0 unspecified atom stereocenters. The number of carboxylic acid groups (broad SMARTS) is 1. The third-order valence-corrected chi connectivity index (χ3v) is 8.10. The Morgan fingerprint density at radius 3 is 1.90 bits per heavy atom. The summed E-state index contributed by atoms with van der Waals surface area (Å²) in [7, 11) is 0. The Morgan fingerprint density at radius 2 is 1.31 bits per heavy atom. The summed E-state index contributed by atoms with van der Waals surface area (Å²) < 4.78 is 5.90. The van der Waals surface area contributed by atoms with Crippen LogP contribution in [-0.2, 0) is 21.7 Å². The molecule has 6 heteroatoms. The number of carbonyl (C=O) groups is 2. The monoisotopic (exact) mass is 537 g/mol. The molecule has 0 saturated heterocycles. The first-order valence-corrected chi connectivity index (χ1v) is 14.3. The average molecular weight is 538 g/mol. The third kappa shape index (κ3) is 6.35. The largest absolute Gasteiger partial charge is 0.480 e. The molecule has 5 rings (SSSR count). The summed E-state index contributed by atoms with van der Waals surface area (Å²) in [6.07, 6.45) is -0.385. The lowest BCUT2D eigenvalue weighted by Crippen LogP contribution is -2.48. The molecule has 1 N–H and O–H groups in total. The van der Waals surface area contributed by atoms with E-state index in [9.17, 15) is 14.7 Å². The maximum atomic E-state index is 13.6. The Bertz CT molecular complexity index is 1360. The van der Waals surface area contributed by atoms with Crippen LogP contribution in [0.5, 0.6) is 0 Å². The minimum Gasteiger partial charge on any atom is -0.480 e. The van der Waals surface area contributed by atoms with Crippen molar-refractivity contribution >= 4 is 23.8 Å². The van der Waals surface area contributed by atoms with Crippen molar-refractivity contribution in [3.63, 3.8) is 0 Å². The van der Waals surface area contributed by atoms with Crippen molar-refractivity contribution in [2.75, 3.05) is 18.9 Å². The van der Waals surface area contributed by atoms with Crippen LogP contribution in [0.1, 0.15) is 28.2 Å². The third-order valence-electron chi connectivity index (χ3n) is 7.09. The highest BCUT2D eigenvalue weighted by molar-refractivity contribution is 7.98. The summed E-state index contributed by atoms with van der Waals surface area (Å²) in [4.78, 5) is 27.4. The van der Waals surface area contributed by atoms with E-state index < -0.39 is 18.1 Å². The fourth-order valence-corrected chi connectivity index (χ4v) is 6.04. The molecule has 0 fully saturated rings. The number of rotatable bonds is 11. The standard InChI is InChI=1S/C33H31NO4S/c35-32(36)31(21-24-11-3-1-4-12-24)34(19-20-39-23-25-13-5-2-6-14-25)33(37)38-22-30-28-17-9-7-15-26(28)27-16-8-10-18-29(27)30/h1-18,30-31H,19-23H2,(H,35,36)/t31-/m0/s1. The Balaban J connectivity index is 1.32. The number of hydrogen-bond donors (Lipinski definition) is 1. The molecule has 4 aromatic carbocycles. The minimum atomic E-state index is -1.04. The number of benzene rings is 4. The van der Waals surface area contributed by atoms with Crippen LogP contribution < -0.4 is 0 Å². The van der Waals surface area contributed by atoms with Gasteiger partial charge in [0.05, 0.1) is 0 Å². The second-order valence-electron chi connectivity index (χ2n) is 9.58. The number of nitrogens with zero attached hydrogens (tertiary/aromatic N) is 1. The van der Waals surface area contributed by atoms with Crippen molar-refractivity contribution in [2.45, 2.75) is 24.1 Å². The molecule has 39 heavy (non-hydrogen) atoms. The van der Waals surface area contributed by atoms with Crippen molar-refractivity contribution in [1.29, 1.82) is 0 Å². The molecular weight excluding hydrogens is 506 g/mol. The Kier molecular flexibility index (Phi) is 8.64. The molecule has 1 aliphatic rings. The van der Waals surface area contributed by atoms with Gasteiger partial charge in [0, 0.05) is 30.4 Å². The maximum Gasteiger partial charge on any atom is 0.410 e. The molecule has 4 aromatic rings. The molecular formula is C33H31NO4S. The maximum absolute atomic E-state index is 13.6. The van der Waals surface area contributed by atoms with E-state index in [-0.39, 0.29) is 25.5 Å². The highest BCUT2D eigenvalue weighted by Crippen LogP contribution is 2.44. The van der Waals surface area contributed by atoms with Gasteiger partial charge in [-0.1, -0.05) is 109 Å². The first kappa shape index (κ1) is 26.6. The second kappa shape index (κ2) is 12.7. The van der Waals surface area contributed by atoms with Crippen molar-refractivity contribution in [3.8, 4) is 11.1 Å². The zero-order chi connectivity index (χ0) is 27.0. The quantitative estimate of drug-likeness (QED) is 0.212. The molecule has 1 amide bonds. The molecule has 0 spiro atoms. The number of hydrogen-bond acceptors (Lipinski definition) is 4. The van der Waals surface area contributed by atoms with Crippen molar-refractivity contribution in [1.82, 2.24) is 4.90 Å². The van der Waals surface area contributed by atoms with E-state index >= 15 is 0 Å². The number of amides is 1. The predicted molar refractivity (Wildman–Crippen MR) is 156 cm³/mol. The molecule has 1 aliphatic carbocycles. The molecule has 1 atom stereocenters. The molecule has 0 saturated carbocycles. The summed E-state index contributed by atoms with van der Waals surface area (Å²) in [5.41, 5.74) is 6.59. The number of fused-ring (bicyclic) bond motifs is 3. The lowest BCUT2D eigenvalue weighted by Gasteiger charge is -2.29. The van der Waals surface area contributed by atoms with Gasteiger partial charge in [-0.05, 0) is 33.4 Å². The molecule has 198 valence electrons. The summed E-state index contributed by atoms with van der Waals surface area (Å²) in [6.45, 7) is 0.427. The Labute approximate surface area is 233 Å². The smallest absolute Gasteiger partial charge is 0.410 e. The van der Waals surface area contributed by atoms with E-state index in [0.29, 0.717) is 5.75 Å². The number of carboxylic acids is 1. The van der Waals surface area contributed by atoms with E-state index in [1.165, 1.54) is 10.5 Å². The summed E-state index contributed by atoms with van der Waals surface area (Å²) >= 11 is 1.67. The van der Waals surface area contributed by atoms with Crippen LogP contribution in [0.25, 0.3) is 11.1 Å². The normalized spacial score (nSPS) is 12.8. The van der Waals surface area contributed by atoms with Gasteiger partial charge < -0.3 is 9.84 Å². The molecule has 0 aromatic heterocycles. The molecule has 0 heterocycles. The number of carbonyl (C=O) groups excluding carboxylic acids is 1. The minimum absolute atomic E-state index is 0.0898. The van der Waals surface area contributed by atoms with Crippen LogP contribution >= 0.6 is 11.8 Å². The van der Waals surface area contributed by atoms with Crippen LogP contribution in [0.15, 0.2) is 109 Å². The number of ether oxygens (including phenoxy) is 1. The van der Waals surface area contributed by atoms with E-state index in [1.807, 2.05) is 72.8 Å². The van der Waals surface area contributed by atoms with Crippen molar-refractivity contribution < 1.29 is 19.4 Å². The molecule has 0 bridgehead atoms. The topological polar surface area (TPSA) is 66.8 Å². The summed E-state index contributed by atoms with van der Waals surface area (Å²) in [5, 5.41) is 10.2. The first-order valence-electron chi connectivity index (χ1n) is 13.1. The van der Waals surface area contributed by atoms with Gasteiger partial charge in [0.15, 0.2) is 0 Å². The summed E-state index contributed by atoms with van der Waals surface area (Å²) in [5.74, 6) is 0.251.